The van der Waals surface area contributed by atoms with Gasteiger partial charge in [-0.05, 0) is 30.5 Å². The summed E-state index contributed by atoms with van der Waals surface area (Å²) in [5, 5.41) is 0. The molecule has 0 aliphatic carbocycles. The summed E-state index contributed by atoms with van der Waals surface area (Å²) in [5.41, 5.74) is 1.42. The molecule has 0 aromatic heterocycles. The Hall–Kier alpha value is -1.98. The second-order valence-electron chi connectivity index (χ2n) is 5.83. The van der Waals surface area contributed by atoms with E-state index >= 15 is 0 Å². The summed E-state index contributed by atoms with van der Waals surface area (Å²) in [6.07, 6.45) is 0. The van der Waals surface area contributed by atoms with E-state index in [0.717, 1.165) is 5.56 Å². The number of rotatable bonds is 6. The number of hydrogen-bond acceptors (Lipinski definition) is 3. The number of sulfonamides is 1. The molecular formula is C18H21NO3S. The Kier molecular flexibility index (Phi) is 5.34. The fourth-order valence-corrected chi connectivity index (χ4v) is 3.73. The number of carbonyl (C=O) groups excluding carboxylic acids is 1. The molecule has 2 rings (SSSR count). The van der Waals surface area contributed by atoms with E-state index in [1.807, 2.05) is 44.2 Å². The van der Waals surface area contributed by atoms with Gasteiger partial charge in [0.25, 0.3) is 0 Å². The van der Waals surface area contributed by atoms with E-state index in [0.29, 0.717) is 5.56 Å². The Morgan fingerprint density at radius 1 is 0.957 bits per heavy atom. The maximum Gasteiger partial charge on any atom is 0.241 e. The fraction of sp³-hybridized carbons (Fsp3) is 0.278. The quantitative estimate of drug-likeness (QED) is 0.823. The smallest absolute Gasteiger partial charge is 0.241 e. The van der Waals surface area contributed by atoms with Gasteiger partial charge in [-0.1, -0.05) is 56.3 Å². The van der Waals surface area contributed by atoms with Gasteiger partial charge in [0, 0.05) is 11.6 Å². The van der Waals surface area contributed by atoms with E-state index in [2.05, 4.69) is 4.72 Å². The first-order valence-electron chi connectivity index (χ1n) is 7.49. The van der Waals surface area contributed by atoms with Crippen molar-refractivity contribution in [3.8, 4) is 0 Å². The van der Waals surface area contributed by atoms with E-state index < -0.39 is 10.0 Å². The lowest BCUT2D eigenvalue weighted by atomic mass is 9.97. The molecule has 4 nitrogen and oxygen atoms in total. The van der Waals surface area contributed by atoms with Crippen LogP contribution in [0.4, 0.5) is 0 Å². The minimum atomic E-state index is -3.66. The minimum Gasteiger partial charge on any atom is -0.295 e. The molecule has 1 atom stereocenters. The molecule has 23 heavy (non-hydrogen) atoms. The van der Waals surface area contributed by atoms with Crippen molar-refractivity contribution in [1.82, 2.24) is 4.72 Å². The fourth-order valence-electron chi connectivity index (χ4n) is 2.35. The SMILES string of the molecule is CC(=O)c1ccc(S(=O)(=O)NC(c2ccccc2)C(C)C)cc1. The largest absolute Gasteiger partial charge is 0.295 e. The third kappa shape index (κ3) is 4.27. The van der Waals surface area contributed by atoms with E-state index in [-0.39, 0.29) is 22.6 Å². The predicted molar refractivity (Wildman–Crippen MR) is 90.8 cm³/mol. The first-order chi connectivity index (χ1) is 10.8. The summed E-state index contributed by atoms with van der Waals surface area (Å²) in [7, 11) is -3.66. The van der Waals surface area contributed by atoms with Crippen LogP contribution in [0.5, 0.6) is 0 Å². The van der Waals surface area contributed by atoms with Gasteiger partial charge in [-0.2, -0.15) is 0 Å². The molecule has 1 unspecified atom stereocenters. The van der Waals surface area contributed by atoms with Crippen LogP contribution in [0.3, 0.4) is 0 Å². The monoisotopic (exact) mass is 331 g/mol. The van der Waals surface area contributed by atoms with Crippen LogP contribution < -0.4 is 4.72 Å². The Morgan fingerprint density at radius 2 is 1.52 bits per heavy atom. The van der Waals surface area contributed by atoms with E-state index in [1.165, 1.54) is 31.2 Å². The molecule has 0 aliphatic rings. The van der Waals surface area contributed by atoms with Gasteiger partial charge in [0.15, 0.2) is 5.78 Å². The highest BCUT2D eigenvalue weighted by Gasteiger charge is 2.23. The number of Topliss-reactive ketones (excluding diaryl/α,β-unsaturated/α-hetero) is 1. The molecule has 0 heterocycles. The molecule has 0 radical (unpaired) electrons. The molecule has 5 heteroatoms. The molecule has 0 saturated carbocycles. The van der Waals surface area contributed by atoms with Crippen LogP contribution in [0.25, 0.3) is 0 Å². The maximum atomic E-state index is 12.6. The van der Waals surface area contributed by atoms with Crippen molar-refractivity contribution in [3.05, 3.63) is 65.7 Å². The Morgan fingerprint density at radius 3 is 2.00 bits per heavy atom. The molecule has 0 saturated heterocycles. The van der Waals surface area contributed by atoms with Crippen molar-refractivity contribution >= 4 is 15.8 Å². The first-order valence-corrected chi connectivity index (χ1v) is 8.98. The minimum absolute atomic E-state index is 0.0914. The lowest BCUT2D eigenvalue weighted by Crippen LogP contribution is -2.31. The van der Waals surface area contributed by atoms with Gasteiger partial charge in [-0.25, -0.2) is 13.1 Å². The number of ketones is 1. The Labute approximate surface area is 137 Å². The van der Waals surface area contributed by atoms with Crippen LogP contribution in [0, 0.1) is 5.92 Å². The van der Waals surface area contributed by atoms with Gasteiger partial charge in [-0.3, -0.25) is 4.79 Å². The van der Waals surface area contributed by atoms with Gasteiger partial charge >= 0.3 is 0 Å². The van der Waals surface area contributed by atoms with Crippen LogP contribution in [-0.4, -0.2) is 14.2 Å². The van der Waals surface area contributed by atoms with Crippen molar-refractivity contribution < 1.29 is 13.2 Å². The summed E-state index contributed by atoms with van der Waals surface area (Å²) < 4.78 is 28.0. The summed E-state index contributed by atoms with van der Waals surface area (Å²) in [6.45, 7) is 5.39. The molecule has 0 bridgehead atoms. The average molecular weight is 331 g/mol. The summed E-state index contributed by atoms with van der Waals surface area (Å²) in [6, 6.07) is 15.2. The standard InChI is InChI=1S/C18H21NO3S/c1-13(2)18(16-7-5-4-6-8-16)19-23(21,22)17-11-9-15(10-12-17)14(3)20/h4-13,18-19H,1-3H3. The summed E-state index contributed by atoms with van der Waals surface area (Å²) in [4.78, 5) is 11.4. The van der Waals surface area contributed by atoms with Crippen LogP contribution in [0.15, 0.2) is 59.5 Å². The average Bonchev–Trinajstić information content (AvgIpc) is 2.53. The number of carbonyl (C=O) groups is 1. The second-order valence-corrected chi connectivity index (χ2v) is 7.55. The Balaban J connectivity index is 2.29. The summed E-state index contributed by atoms with van der Waals surface area (Å²) >= 11 is 0. The van der Waals surface area contributed by atoms with Gasteiger partial charge < -0.3 is 0 Å². The zero-order valence-electron chi connectivity index (χ0n) is 13.5. The van der Waals surface area contributed by atoms with Crippen molar-refractivity contribution in [2.24, 2.45) is 5.92 Å². The van der Waals surface area contributed by atoms with Gasteiger partial charge in [0.2, 0.25) is 10.0 Å². The third-order valence-corrected chi connectivity index (χ3v) is 5.14. The molecule has 0 fully saturated rings. The lowest BCUT2D eigenvalue weighted by molar-refractivity contribution is 0.101. The number of benzene rings is 2. The zero-order valence-corrected chi connectivity index (χ0v) is 14.3. The molecule has 0 spiro atoms. The molecular weight excluding hydrogens is 310 g/mol. The molecule has 2 aromatic rings. The number of hydrogen-bond donors (Lipinski definition) is 1. The van der Waals surface area contributed by atoms with Crippen molar-refractivity contribution in [2.45, 2.75) is 31.7 Å². The molecule has 122 valence electrons. The molecule has 2 aromatic carbocycles. The second kappa shape index (κ2) is 7.06. The predicted octanol–water partition coefficient (Wildman–Crippen LogP) is 3.56. The van der Waals surface area contributed by atoms with E-state index in [1.54, 1.807) is 0 Å². The van der Waals surface area contributed by atoms with Crippen LogP contribution in [0.1, 0.15) is 42.7 Å². The van der Waals surface area contributed by atoms with Crippen molar-refractivity contribution in [2.75, 3.05) is 0 Å². The first kappa shape index (κ1) is 17.4. The highest BCUT2D eigenvalue weighted by Crippen LogP contribution is 2.24. The van der Waals surface area contributed by atoms with Gasteiger partial charge in [0.05, 0.1) is 4.90 Å². The van der Waals surface area contributed by atoms with E-state index in [4.69, 9.17) is 0 Å². The van der Waals surface area contributed by atoms with E-state index in [9.17, 15) is 13.2 Å². The molecule has 0 amide bonds. The van der Waals surface area contributed by atoms with Crippen LogP contribution in [0.2, 0.25) is 0 Å². The van der Waals surface area contributed by atoms with Crippen LogP contribution in [-0.2, 0) is 10.0 Å². The van der Waals surface area contributed by atoms with Gasteiger partial charge in [-0.15, -0.1) is 0 Å². The highest BCUT2D eigenvalue weighted by atomic mass is 32.2. The van der Waals surface area contributed by atoms with Crippen molar-refractivity contribution in [3.63, 3.8) is 0 Å². The zero-order chi connectivity index (χ0) is 17.0. The molecule has 1 N–H and O–H groups in total. The number of nitrogens with one attached hydrogen (secondary N) is 1. The maximum absolute atomic E-state index is 12.6. The lowest BCUT2D eigenvalue weighted by Gasteiger charge is -2.22. The third-order valence-electron chi connectivity index (χ3n) is 3.68. The van der Waals surface area contributed by atoms with Gasteiger partial charge in [0.1, 0.15) is 0 Å². The highest BCUT2D eigenvalue weighted by molar-refractivity contribution is 7.89. The summed E-state index contributed by atoms with van der Waals surface area (Å²) in [5.74, 6) is 0.00918. The molecule has 0 aliphatic heterocycles. The van der Waals surface area contributed by atoms with Crippen LogP contribution >= 0.6 is 0 Å². The Bertz CT molecular complexity index is 766. The van der Waals surface area contributed by atoms with Crippen molar-refractivity contribution in [1.29, 1.82) is 0 Å². The topological polar surface area (TPSA) is 63.2 Å². The normalized spacial score (nSPS) is 13.0.